The molecule has 0 spiro atoms. The highest BCUT2D eigenvalue weighted by Crippen LogP contribution is 2.23. The lowest BCUT2D eigenvalue weighted by molar-refractivity contribution is 0.770. The van der Waals surface area contributed by atoms with E-state index < -0.39 is 0 Å². The molecule has 0 aromatic carbocycles. The molecule has 2 heterocycles. The van der Waals surface area contributed by atoms with Crippen LogP contribution in [0.4, 0.5) is 0 Å². The van der Waals surface area contributed by atoms with Crippen molar-refractivity contribution in [3.8, 4) is 5.82 Å². The Bertz CT molecular complexity index is 548. The smallest absolute Gasteiger partial charge is 0.172 e. The van der Waals surface area contributed by atoms with Crippen LogP contribution in [0.15, 0.2) is 18.3 Å². The van der Waals surface area contributed by atoms with Crippen LogP contribution in [0.25, 0.3) is 5.82 Å². The molecule has 96 valence electrons. The number of rotatable bonds is 4. The standard InChI is InChI=1S/C13H17ClN4/c1-3-10-7-11(4-2)18(17-10)13-12(14)9(8-15)5-6-16-13/h5-7H,3-4,8,15H2,1-2H3. The van der Waals surface area contributed by atoms with Crippen molar-refractivity contribution in [2.75, 3.05) is 0 Å². The number of aryl methyl sites for hydroxylation is 2. The van der Waals surface area contributed by atoms with E-state index in [1.807, 2.05) is 10.7 Å². The molecule has 0 saturated carbocycles. The number of hydrogen-bond acceptors (Lipinski definition) is 3. The summed E-state index contributed by atoms with van der Waals surface area (Å²) >= 11 is 6.32. The Morgan fingerprint density at radius 1 is 1.33 bits per heavy atom. The Balaban J connectivity index is 2.57. The van der Waals surface area contributed by atoms with E-state index in [2.05, 4.69) is 30.0 Å². The van der Waals surface area contributed by atoms with Gasteiger partial charge in [-0.2, -0.15) is 5.10 Å². The minimum Gasteiger partial charge on any atom is -0.326 e. The molecule has 0 aliphatic heterocycles. The number of nitrogens with two attached hydrogens (primary N) is 1. The van der Waals surface area contributed by atoms with E-state index in [9.17, 15) is 0 Å². The molecule has 5 heteroatoms. The third-order valence-electron chi connectivity index (χ3n) is 2.93. The number of pyridine rings is 1. The van der Waals surface area contributed by atoms with Crippen molar-refractivity contribution in [1.29, 1.82) is 0 Å². The van der Waals surface area contributed by atoms with Gasteiger partial charge in [0.25, 0.3) is 0 Å². The lowest BCUT2D eigenvalue weighted by Gasteiger charge is -2.09. The number of aromatic nitrogens is 3. The Kier molecular flexibility index (Phi) is 3.99. The average Bonchev–Trinajstić information content (AvgIpc) is 2.82. The van der Waals surface area contributed by atoms with Gasteiger partial charge in [-0.15, -0.1) is 0 Å². The van der Waals surface area contributed by atoms with Gasteiger partial charge in [-0.1, -0.05) is 25.4 Å². The molecule has 4 nitrogen and oxygen atoms in total. The Labute approximate surface area is 112 Å². The second-order valence-electron chi connectivity index (χ2n) is 4.06. The first-order valence-electron chi connectivity index (χ1n) is 6.12. The minimum absolute atomic E-state index is 0.401. The average molecular weight is 265 g/mol. The van der Waals surface area contributed by atoms with Crippen molar-refractivity contribution in [3.05, 3.63) is 40.3 Å². The van der Waals surface area contributed by atoms with Gasteiger partial charge < -0.3 is 5.73 Å². The quantitative estimate of drug-likeness (QED) is 0.923. The molecule has 0 saturated heterocycles. The van der Waals surface area contributed by atoms with E-state index in [1.165, 1.54) is 0 Å². The maximum Gasteiger partial charge on any atom is 0.172 e. The van der Waals surface area contributed by atoms with E-state index in [-0.39, 0.29) is 0 Å². The molecule has 0 amide bonds. The molecular weight excluding hydrogens is 248 g/mol. The van der Waals surface area contributed by atoms with Crippen LogP contribution in [0.1, 0.15) is 30.8 Å². The summed E-state index contributed by atoms with van der Waals surface area (Å²) in [6.45, 7) is 4.57. The van der Waals surface area contributed by atoms with Gasteiger partial charge in [0, 0.05) is 18.4 Å². The summed E-state index contributed by atoms with van der Waals surface area (Å²) in [4.78, 5) is 4.33. The Morgan fingerprint density at radius 2 is 2.11 bits per heavy atom. The van der Waals surface area contributed by atoms with Gasteiger partial charge in [-0.05, 0) is 30.5 Å². The fraction of sp³-hybridized carbons (Fsp3) is 0.385. The molecule has 0 fully saturated rings. The van der Waals surface area contributed by atoms with Crippen LogP contribution in [0.2, 0.25) is 5.02 Å². The van der Waals surface area contributed by atoms with Crippen LogP contribution in [0.3, 0.4) is 0 Å². The summed E-state index contributed by atoms with van der Waals surface area (Å²) in [6.07, 6.45) is 3.50. The highest BCUT2D eigenvalue weighted by atomic mass is 35.5. The Morgan fingerprint density at radius 3 is 2.72 bits per heavy atom. The maximum absolute atomic E-state index is 6.32. The van der Waals surface area contributed by atoms with Gasteiger partial charge >= 0.3 is 0 Å². The first kappa shape index (κ1) is 13.1. The van der Waals surface area contributed by atoms with Crippen LogP contribution in [-0.2, 0) is 19.4 Å². The number of hydrogen-bond donors (Lipinski definition) is 1. The van der Waals surface area contributed by atoms with Gasteiger partial charge in [0.15, 0.2) is 5.82 Å². The van der Waals surface area contributed by atoms with Crippen molar-refractivity contribution in [2.24, 2.45) is 5.73 Å². The zero-order valence-electron chi connectivity index (χ0n) is 10.7. The predicted molar refractivity (Wildman–Crippen MR) is 73.0 cm³/mol. The van der Waals surface area contributed by atoms with E-state index in [0.29, 0.717) is 17.4 Å². The molecule has 0 bridgehead atoms. The van der Waals surface area contributed by atoms with Crippen molar-refractivity contribution < 1.29 is 0 Å². The molecule has 2 N–H and O–H groups in total. The zero-order chi connectivity index (χ0) is 13.1. The van der Waals surface area contributed by atoms with Gasteiger partial charge in [0.1, 0.15) is 0 Å². The Hall–Kier alpha value is -1.39. The molecule has 0 aliphatic carbocycles. The SMILES string of the molecule is CCc1cc(CC)n(-c2nccc(CN)c2Cl)n1. The topological polar surface area (TPSA) is 56.7 Å². The van der Waals surface area contributed by atoms with Crippen molar-refractivity contribution in [1.82, 2.24) is 14.8 Å². The fourth-order valence-corrected chi connectivity index (χ4v) is 2.13. The third kappa shape index (κ3) is 2.26. The second-order valence-corrected chi connectivity index (χ2v) is 4.44. The molecule has 2 rings (SSSR count). The molecule has 18 heavy (non-hydrogen) atoms. The lowest BCUT2D eigenvalue weighted by atomic mass is 10.2. The first-order valence-corrected chi connectivity index (χ1v) is 6.50. The normalized spacial score (nSPS) is 10.9. The van der Waals surface area contributed by atoms with Crippen molar-refractivity contribution in [3.63, 3.8) is 0 Å². The molecule has 0 unspecified atom stereocenters. The molecular formula is C13H17ClN4. The summed E-state index contributed by atoms with van der Waals surface area (Å²) in [7, 11) is 0. The highest BCUT2D eigenvalue weighted by molar-refractivity contribution is 6.32. The number of halogens is 1. The summed E-state index contributed by atoms with van der Waals surface area (Å²) in [5.41, 5.74) is 8.70. The number of nitrogens with zero attached hydrogens (tertiary/aromatic N) is 3. The van der Waals surface area contributed by atoms with E-state index in [1.54, 1.807) is 6.20 Å². The van der Waals surface area contributed by atoms with Gasteiger partial charge in [0.2, 0.25) is 0 Å². The van der Waals surface area contributed by atoms with E-state index >= 15 is 0 Å². The predicted octanol–water partition coefficient (Wildman–Crippen LogP) is 2.50. The first-order chi connectivity index (χ1) is 8.71. The summed E-state index contributed by atoms with van der Waals surface area (Å²) in [6, 6.07) is 3.93. The van der Waals surface area contributed by atoms with E-state index in [0.717, 1.165) is 29.8 Å². The molecule has 0 radical (unpaired) electrons. The van der Waals surface area contributed by atoms with Gasteiger partial charge in [0.05, 0.1) is 10.7 Å². The van der Waals surface area contributed by atoms with Gasteiger partial charge in [-0.25, -0.2) is 9.67 Å². The van der Waals surface area contributed by atoms with Crippen molar-refractivity contribution in [2.45, 2.75) is 33.2 Å². The summed E-state index contributed by atoms with van der Waals surface area (Å²) in [5.74, 6) is 0.663. The monoisotopic (exact) mass is 264 g/mol. The summed E-state index contributed by atoms with van der Waals surface area (Å²) in [5, 5.41) is 5.12. The fourth-order valence-electron chi connectivity index (χ4n) is 1.86. The molecule has 0 atom stereocenters. The van der Waals surface area contributed by atoms with Crippen molar-refractivity contribution >= 4 is 11.6 Å². The highest BCUT2D eigenvalue weighted by Gasteiger charge is 2.13. The minimum atomic E-state index is 0.401. The van der Waals surface area contributed by atoms with Gasteiger partial charge in [-0.3, -0.25) is 0 Å². The molecule has 2 aromatic heterocycles. The van der Waals surface area contributed by atoms with Crippen LogP contribution >= 0.6 is 11.6 Å². The van der Waals surface area contributed by atoms with Crippen LogP contribution in [-0.4, -0.2) is 14.8 Å². The maximum atomic E-state index is 6.32. The summed E-state index contributed by atoms with van der Waals surface area (Å²) < 4.78 is 1.82. The molecule has 0 aliphatic rings. The molecule has 2 aromatic rings. The lowest BCUT2D eigenvalue weighted by Crippen LogP contribution is -2.07. The van der Waals surface area contributed by atoms with E-state index in [4.69, 9.17) is 17.3 Å². The zero-order valence-corrected chi connectivity index (χ0v) is 11.4. The second kappa shape index (κ2) is 5.50. The van der Waals surface area contributed by atoms with Crippen LogP contribution in [0, 0.1) is 0 Å². The largest absolute Gasteiger partial charge is 0.326 e. The van der Waals surface area contributed by atoms with Crippen LogP contribution in [0.5, 0.6) is 0 Å². The third-order valence-corrected chi connectivity index (χ3v) is 3.34. The van der Waals surface area contributed by atoms with Crippen LogP contribution < -0.4 is 5.73 Å².